The molecule has 0 aliphatic rings. The van der Waals surface area contributed by atoms with Crippen LogP contribution in [0.3, 0.4) is 0 Å². The molecule has 0 heterocycles. The Kier molecular flexibility index (Phi) is 10.4. The van der Waals surface area contributed by atoms with Crippen molar-refractivity contribution in [2.45, 2.75) is 84.6 Å². The van der Waals surface area contributed by atoms with E-state index >= 15 is 0 Å². The quantitative estimate of drug-likeness (QED) is 0.531. The molecule has 0 spiro atoms. The van der Waals surface area contributed by atoms with Crippen molar-refractivity contribution < 1.29 is 0 Å². The molecule has 0 rings (SSSR count). The normalized spacial score (nSPS) is 15.2. The first kappa shape index (κ1) is 15.0. The predicted octanol–water partition coefficient (Wildman–Crippen LogP) is 4.50. The lowest BCUT2D eigenvalue weighted by molar-refractivity contribution is 0.397. The number of hydrogen-bond acceptors (Lipinski definition) is 1. The van der Waals surface area contributed by atoms with Crippen molar-refractivity contribution in [1.29, 1.82) is 0 Å². The van der Waals surface area contributed by atoms with Crippen molar-refractivity contribution in [3.63, 3.8) is 0 Å². The van der Waals surface area contributed by atoms with Crippen molar-refractivity contribution >= 4 is 0 Å². The van der Waals surface area contributed by atoms with Crippen molar-refractivity contribution in [2.75, 3.05) is 0 Å². The highest BCUT2D eigenvalue weighted by Crippen LogP contribution is 2.15. The second-order valence-electron chi connectivity index (χ2n) is 4.96. The maximum Gasteiger partial charge on any atom is 0.00619 e. The molecule has 2 atom stereocenters. The molecule has 1 heteroatoms. The van der Waals surface area contributed by atoms with Gasteiger partial charge in [0.05, 0.1) is 0 Å². The van der Waals surface area contributed by atoms with Gasteiger partial charge in [-0.05, 0) is 18.8 Å². The molecule has 92 valence electrons. The van der Waals surface area contributed by atoms with E-state index in [1.54, 1.807) is 0 Å². The molecule has 0 fully saturated rings. The lowest BCUT2D eigenvalue weighted by Gasteiger charge is -2.17. The van der Waals surface area contributed by atoms with E-state index in [-0.39, 0.29) is 0 Å². The summed E-state index contributed by atoms with van der Waals surface area (Å²) in [5.41, 5.74) is 6.00. The maximum atomic E-state index is 6.00. The highest BCUT2D eigenvalue weighted by molar-refractivity contribution is 4.66. The average Bonchev–Trinajstić information content (AvgIpc) is 2.26. The largest absolute Gasteiger partial charge is 0.327 e. The van der Waals surface area contributed by atoms with Crippen LogP contribution in [-0.2, 0) is 0 Å². The Morgan fingerprint density at radius 1 is 0.867 bits per heavy atom. The fraction of sp³-hybridized carbons (Fsp3) is 1.00. The number of unbranched alkanes of at least 4 members (excludes halogenated alkanes) is 6. The maximum absolute atomic E-state index is 6.00. The molecular weight excluding hydrogens is 182 g/mol. The first-order valence-electron chi connectivity index (χ1n) is 6.97. The summed E-state index contributed by atoms with van der Waals surface area (Å²) in [7, 11) is 0. The highest BCUT2D eigenvalue weighted by Gasteiger charge is 2.09. The van der Waals surface area contributed by atoms with E-state index in [9.17, 15) is 0 Å². The Labute approximate surface area is 96.8 Å². The zero-order chi connectivity index (χ0) is 11.5. The molecule has 0 radical (unpaired) electrons. The van der Waals surface area contributed by atoms with E-state index in [0.29, 0.717) is 12.0 Å². The predicted molar refractivity (Wildman–Crippen MR) is 70.0 cm³/mol. The molecule has 0 aromatic carbocycles. The Morgan fingerprint density at radius 3 is 1.93 bits per heavy atom. The lowest BCUT2D eigenvalue weighted by Crippen LogP contribution is -2.27. The third-order valence-electron chi connectivity index (χ3n) is 3.47. The van der Waals surface area contributed by atoms with Gasteiger partial charge in [0.1, 0.15) is 0 Å². The zero-order valence-corrected chi connectivity index (χ0v) is 11.1. The molecule has 2 unspecified atom stereocenters. The summed E-state index contributed by atoms with van der Waals surface area (Å²) >= 11 is 0. The van der Waals surface area contributed by atoms with E-state index in [4.69, 9.17) is 5.73 Å². The summed E-state index contributed by atoms with van der Waals surface area (Å²) in [5, 5.41) is 0. The van der Waals surface area contributed by atoms with Crippen molar-refractivity contribution in [3.8, 4) is 0 Å². The third-order valence-corrected chi connectivity index (χ3v) is 3.47. The second kappa shape index (κ2) is 10.5. The van der Waals surface area contributed by atoms with Crippen molar-refractivity contribution in [1.82, 2.24) is 0 Å². The van der Waals surface area contributed by atoms with E-state index in [1.165, 1.54) is 51.4 Å². The van der Waals surface area contributed by atoms with Gasteiger partial charge in [0.2, 0.25) is 0 Å². The van der Waals surface area contributed by atoms with Crippen LogP contribution in [0.2, 0.25) is 0 Å². The highest BCUT2D eigenvalue weighted by atomic mass is 14.6. The number of nitrogens with two attached hydrogens (primary N) is 1. The van der Waals surface area contributed by atoms with Crippen LogP contribution in [0, 0.1) is 5.92 Å². The fourth-order valence-electron chi connectivity index (χ4n) is 2.04. The molecule has 0 aliphatic heterocycles. The van der Waals surface area contributed by atoms with E-state index in [0.717, 1.165) is 6.42 Å². The second-order valence-corrected chi connectivity index (χ2v) is 4.96. The van der Waals surface area contributed by atoms with E-state index in [2.05, 4.69) is 20.8 Å². The van der Waals surface area contributed by atoms with Gasteiger partial charge in [0.25, 0.3) is 0 Å². The van der Waals surface area contributed by atoms with Crippen molar-refractivity contribution in [2.24, 2.45) is 11.7 Å². The van der Waals surface area contributed by atoms with Gasteiger partial charge in [-0.2, -0.15) is 0 Å². The van der Waals surface area contributed by atoms with E-state index < -0.39 is 0 Å². The molecule has 0 saturated carbocycles. The van der Waals surface area contributed by atoms with Gasteiger partial charge < -0.3 is 5.73 Å². The van der Waals surface area contributed by atoms with Crippen LogP contribution in [-0.4, -0.2) is 6.04 Å². The molecule has 0 amide bonds. The van der Waals surface area contributed by atoms with Crippen LogP contribution >= 0.6 is 0 Å². The number of rotatable bonds is 10. The average molecular weight is 213 g/mol. The minimum absolute atomic E-state index is 0.421. The van der Waals surface area contributed by atoms with Crippen LogP contribution < -0.4 is 5.73 Å². The zero-order valence-electron chi connectivity index (χ0n) is 11.1. The van der Waals surface area contributed by atoms with Crippen LogP contribution in [0.1, 0.15) is 78.6 Å². The summed E-state index contributed by atoms with van der Waals surface area (Å²) in [6.45, 7) is 6.75. The summed E-state index contributed by atoms with van der Waals surface area (Å²) < 4.78 is 0. The number of hydrogen-bond donors (Lipinski definition) is 1. The molecule has 15 heavy (non-hydrogen) atoms. The molecule has 0 saturated heterocycles. The van der Waals surface area contributed by atoms with Crippen LogP contribution in [0.5, 0.6) is 0 Å². The standard InChI is InChI=1S/C14H31N/c1-4-6-7-8-9-10-11-12-13(3)14(15)5-2/h13-14H,4-12,15H2,1-3H3. The molecule has 0 aromatic rings. The Bertz CT molecular complexity index is 123. The summed E-state index contributed by atoms with van der Waals surface area (Å²) in [5.74, 6) is 0.714. The van der Waals surface area contributed by atoms with Gasteiger partial charge in [0.15, 0.2) is 0 Å². The molecule has 1 nitrogen and oxygen atoms in total. The lowest BCUT2D eigenvalue weighted by atomic mass is 9.94. The monoisotopic (exact) mass is 213 g/mol. The Hall–Kier alpha value is -0.0400. The van der Waals surface area contributed by atoms with Crippen LogP contribution in [0.4, 0.5) is 0 Å². The van der Waals surface area contributed by atoms with Crippen LogP contribution in [0.15, 0.2) is 0 Å². The smallest absolute Gasteiger partial charge is 0.00619 e. The molecule has 0 aliphatic carbocycles. The Morgan fingerprint density at radius 2 is 1.40 bits per heavy atom. The van der Waals surface area contributed by atoms with Gasteiger partial charge in [-0.1, -0.05) is 65.7 Å². The minimum Gasteiger partial charge on any atom is -0.327 e. The fourth-order valence-corrected chi connectivity index (χ4v) is 2.04. The summed E-state index contributed by atoms with van der Waals surface area (Å²) in [4.78, 5) is 0. The third kappa shape index (κ3) is 8.92. The molecule has 0 aromatic heterocycles. The molecular formula is C14H31N. The van der Waals surface area contributed by atoms with Gasteiger partial charge in [-0.25, -0.2) is 0 Å². The van der Waals surface area contributed by atoms with E-state index in [1.807, 2.05) is 0 Å². The van der Waals surface area contributed by atoms with Gasteiger partial charge in [-0.15, -0.1) is 0 Å². The Balaban J connectivity index is 3.16. The summed E-state index contributed by atoms with van der Waals surface area (Å²) in [6.07, 6.45) is 12.3. The first-order valence-corrected chi connectivity index (χ1v) is 6.97. The molecule has 2 N–H and O–H groups in total. The van der Waals surface area contributed by atoms with Gasteiger partial charge >= 0.3 is 0 Å². The first-order chi connectivity index (χ1) is 7.22. The molecule has 0 bridgehead atoms. The van der Waals surface area contributed by atoms with Crippen molar-refractivity contribution in [3.05, 3.63) is 0 Å². The SMILES string of the molecule is CCCCCCCCCC(C)C(N)CC. The van der Waals surface area contributed by atoms with Gasteiger partial charge in [0, 0.05) is 6.04 Å². The minimum atomic E-state index is 0.421. The van der Waals surface area contributed by atoms with Gasteiger partial charge in [-0.3, -0.25) is 0 Å². The topological polar surface area (TPSA) is 26.0 Å². The van der Waals surface area contributed by atoms with Crippen LogP contribution in [0.25, 0.3) is 0 Å². The summed E-state index contributed by atoms with van der Waals surface area (Å²) in [6, 6.07) is 0.421.